The number of ether oxygens (including phenoxy) is 2. The molecule has 0 radical (unpaired) electrons. The van der Waals surface area contributed by atoms with Crippen molar-refractivity contribution in [1.29, 1.82) is 0 Å². The highest BCUT2D eigenvalue weighted by Gasteiger charge is 2.34. The molecule has 2 heterocycles. The molecule has 8 nitrogen and oxygen atoms in total. The lowest BCUT2D eigenvalue weighted by Crippen LogP contribution is -2.48. The number of benzene rings is 1. The third-order valence-electron chi connectivity index (χ3n) is 8.86. The lowest BCUT2D eigenvalue weighted by Gasteiger charge is -2.35. The second kappa shape index (κ2) is 14.4. The van der Waals surface area contributed by atoms with Crippen molar-refractivity contribution in [3.63, 3.8) is 0 Å². The molecule has 0 N–H and O–H groups in total. The van der Waals surface area contributed by atoms with Gasteiger partial charge in [-0.15, -0.1) is 0 Å². The predicted octanol–water partition coefficient (Wildman–Crippen LogP) is 5.93. The summed E-state index contributed by atoms with van der Waals surface area (Å²) in [5, 5.41) is 0. The highest BCUT2D eigenvalue weighted by Crippen LogP contribution is 2.47. The monoisotopic (exact) mass is 566 g/mol. The number of aryl methyl sites for hydroxylation is 1. The fraction of sp³-hybridized carbons (Fsp3) is 0.636. The molecule has 2 saturated heterocycles. The van der Waals surface area contributed by atoms with Gasteiger partial charge in [-0.3, -0.25) is 0 Å². The summed E-state index contributed by atoms with van der Waals surface area (Å²) in [6.07, 6.45) is 7.59. The fourth-order valence-corrected chi connectivity index (χ4v) is 6.08. The molecule has 2 aliphatic heterocycles. The van der Waals surface area contributed by atoms with Crippen LogP contribution in [-0.2, 0) is 6.42 Å². The van der Waals surface area contributed by atoms with E-state index in [2.05, 4.69) is 57.3 Å². The van der Waals surface area contributed by atoms with Gasteiger partial charge in [0.05, 0.1) is 0 Å². The summed E-state index contributed by atoms with van der Waals surface area (Å²) in [6.45, 7) is 16.5. The van der Waals surface area contributed by atoms with Crippen LogP contribution < -0.4 is 9.47 Å². The molecule has 2 atom stereocenters. The highest BCUT2D eigenvalue weighted by atomic mass is 16.6. The topological polar surface area (TPSA) is 65.6 Å². The maximum absolute atomic E-state index is 13.5. The Hall–Kier alpha value is -2.84. The standard InChI is InChI=1S/C33H50N4O4/c1-7-8-9-10-26-22-29(40-32(38)36-17-13-34(5)14-18-36)31(28-21-25(4)11-12-27(28)24(2)3)30(23-26)41-33(39)37-19-15-35(6)16-20-37/h21-23,27-28H,2,7-20H2,1,3-6H3/t27-,28+/m1/s1. The Bertz CT molecular complexity index is 1060. The lowest BCUT2D eigenvalue weighted by molar-refractivity contribution is 0.118. The van der Waals surface area contributed by atoms with Gasteiger partial charge in [0.2, 0.25) is 0 Å². The van der Waals surface area contributed by atoms with Crippen molar-refractivity contribution in [1.82, 2.24) is 19.6 Å². The number of rotatable bonds is 8. The van der Waals surface area contributed by atoms with Crippen LogP contribution in [0.2, 0.25) is 0 Å². The average molecular weight is 567 g/mol. The van der Waals surface area contributed by atoms with Crippen molar-refractivity contribution in [3.8, 4) is 11.5 Å². The Kier molecular flexibility index (Phi) is 10.9. The molecule has 2 fully saturated rings. The van der Waals surface area contributed by atoms with Crippen LogP contribution in [0.4, 0.5) is 9.59 Å². The lowest BCUT2D eigenvalue weighted by atomic mass is 9.73. The number of carbonyl (C=O) groups excluding carboxylic acids is 2. The maximum Gasteiger partial charge on any atom is 0.415 e. The van der Waals surface area contributed by atoms with Crippen molar-refractivity contribution in [2.24, 2.45) is 5.92 Å². The molecule has 1 aliphatic carbocycles. The summed E-state index contributed by atoms with van der Waals surface area (Å²) in [4.78, 5) is 35.0. The van der Waals surface area contributed by atoms with Gasteiger partial charge in [0, 0.05) is 63.8 Å². The molecule has 41 heavy (non-hydrogen) atoms. The van der Waals surface area contributed by atoms with Crippen LogP contribution >= 0.6 is 0 Å². The van der Waals surface area contributed by atoms with Gasteiger partial charge in [0.1, 0.15) is 11.5 Å². The van der Waals surface area contributed by atoms with Crippen molar-refractivity contribution >= 4 is 12.2 Å². The third-order valence-corrected chi connectivity index (χ3v) is 8.86. The summed E-state index contributed by atoms with van der Waals surface area (Å²) < 4.78 is 12.5. The number of piperazine rings is 2. The molecule has 226 valence electrons. The molecule has 4 rings (SSSR count). The number of unbranched alkanes of at least 4 members (excludes halogenated alkanes) is 2. The van der Waals surface area contributed by atoms with E-state index >= 15 is 0 Å². The first kappa shape index (κ1) is 31.1. The number of allylic oxidation sites excluding steroid dienone is 3. The SMILES string of the molecule is C=C(C)[C@H]1CCC(C)=C[C@@H]1c1c(OC(=O)N2CCN(C)CC2)cc(CCCCC)cc1OC(=O)N1CCN(C)CC1. The minimum absolute atomic E-state index is 0.100. The van der Waals surface area contributed by atoms with Crippen LogP contribution in [0.5, 0.6) is 11.5 Å². The Balaban J connectivity index is 1.76. The summed E-state index contributed by atoms with van der Waals surface area (Å²) in [7, 11) is 4.13. The molecule has 0 aromatic heterocycles. The molecule has 1 aromatic carbocycles. The minimum atomic E-state index is -0.343. The van der Waals surface area contributed by atoms with E-state index in [-0.39, 0.29) is 24.0 Å². The van der Waals surface area contributed by atoms with Crippen molar-refractivity contribution in [2.75, 3.05) is 66.5 Å². The maximum atomic E-state index is 13.5. The first-order valence-corrected chi connectivity index (χ1v) is 15.5. The van der Waals surface area contributed by atoms with Crippen molar-refractivity contribution < 1.29 is 19.1 Å². The van der Waals surface area contributed by atoms with Crippen molar-refractivity contribution in [3.05, 3.63) is 47.1 Å². The van der Waals surface area contributed by atoms with Gasteiger partial charge in [0.25, 0.3) is 0 Å². The number of hydrogen-bond acceptors (Lipinski definition) is 6. The van der Waals surface area contributed by atoms with E-state index in [1.54, 1.807) is 9.80 Å². The van der Waals surface area contributed by atoms with Gasteiger partial charge < -0.3 is 29.1 Å². The van der Waals surface area contributed by atoms with E-state index < -0.39 is 0 Å². The molecular weight excluding hydrogens is 516 g/mol. The Morgan fingerprint density at radius 1 is 0.878 bits per heavy atom. The van der Waals surface area contributed by atoms with Gasteiger partial charge in [-0.25, -0.2) is 9.59 Å². The van der Waals surface area contributed by atoms with Gasteiger partial charge >= 0.3 is 12.2 Å². The fourth-order valence-electron chi connectivity index (χ4n) is 6.08. The molecule has 8 heteroatoms. The van der Waals surface area contributed by atoms with E-state index in [4.69, 9.17) is 9.47 Å². The molecule has 2 amide bonds. The van der Waals surface area contributed by atoms with Crippen molar-refractivity contribution in [2.45, 2.75) is 65.2 Å². The van der Waals surface area contributed by atoms with E-state index in [0.717, 1.165) is 81.4 Å². The zero-order valence-electron chi connectivity index (χ0n) is 25.9. The predicted molar refractivity (Wildman–Crippen MR) is 164 cm³/mol. The Labute approximate surface area is 246 Å². The Morgan fingerprint density at radius 2 is 1.39 bits per heavy atom. The first-order chi connectivity index (χ1) is 19.7. The number of carbonyl (C=O) groups is 2. The van der Waals surface area contributed by atoms with Crippen LogP contribution in [-0.4, -0.2) is 98.2 Å². The highest BCUT2D eigenvalue weighted by molar-refractivity contribution is 5.75. The van der Waals surface area contributed by atoms with Gasteiger partial charge in [0.15, 0.2) is 0 Å². The molecule has 1 aromatic rings. The number of nitrogens with zero attached hydrogens (tertiary/aromatic N) is 4. The van der Waals surface area contributed by atoms with E-state index in [1.165, 1.54) is 5.57 Å². The van der Waals surface area contributed by atoms with E-state index in [9.17, 15) is 9.59 Å². The smallest absolute Gasteiger partial charge is 0.410 e. The second-order valence-corrected chi connectivity index (χ2v) is 12.3. The zero-order chi connectivity index (χ0) is 29.5. The molecule has 0 unspecified atom stereocenters. The van der Waals surface area contributed by atoms with Gasteiger partial charge in [-0.1, -0.05) is 43.6 Å². The van der Waals surface area contributed by atoms with Crippen LogP contribution in [0.25, 0.3) is 0 Å². The van der Waals surface area contributed by atoms with Crippen LogP contribution in [0.15, 0.2) is 35.9 Å². The molecule has 0 saturated carbocycles. The third kappa shape index (κ3) is 8.13. The van der Waals surface area contributed by atoms with Crippen LogP contribution in [0.3, 0.4) is 0 Å². The molecule has 0 bridgehead atoms. The molecule has 3 aliphatic rings. The van der Waals surface area contributed by atoms with Crippen LogP contribution in [0.1, 0.15) is 69.9 Å². The quantitative estimate of drug-likeness (QED) is 0.287. The normalized spacial score (nSPS) is 22.3. The second-order valence-electron chi connectivity index (χ2n) is 12.3. The minimum Gasteiger partial charge on any atom is -0.410 e. The van der Waals surface area contributed by atoms with E-state index in [1.807, 2.05) is 12.1 Å². The van der Waals surface area contributed by atoms with E-state index in [0.29, 0.717) is 37.7 Å². The Morgan fingerprint density at radius 3 is 1.85 bits per heavy atom. The zero-order valence-corrected chi connectivity index (χ0v) is 25.9. The molecule has 0 spiro atoms. The number of likely N-dealkylation sites (N-methyl/N-ethyl adjacent to an activating group) is 2. The average Bonchev–Trinajstić information content (AvgIpc) is 2.93. The summed E-state index contributed by atoms with van der Waals surface area (Å²) >= 11 is 0. The summed E-state index contributed by atoms with van der Waals surface area (Å²) in [5.41, 5.74) is 4.17. The van der Waals surface area contributed by atoms with Gasteiger partial charge in [-0.2, -0.15) is 0 Å². The number of hydrogen-bond donors (Lipinski definition) is 0. The van der Waals surface area contributed by atoms with Gasteiger partial charge in [-0.05, 0) is 77.2 Å². The largest absolute Gasteiger partial charge is 0.415 e. The first-order valence-electron chi connectivity index (χ1n) is 15.5. The summed E-state index contributed by atoms with van der Waals surface area (Å²) in [6, 6.07) is 4.03. The summed E-state index contributed by atoms with van der Waals surface area (Å²) in [5.74, 6) is 1.07. The number of amides is 2. The van der Waals surface area contributed by atoms with Crippen LogP contribution in [0, 0.1) is 5.92 Å². The molecular formula is C33H50N4O4.